The molecule has 0 nitrogen and oxygen atoms in total. The third-order valence-electron chi connectivity index (χ3n) is 6.08. The van der Waals surface area contributed by atoms with E-state index in [1.54, 1.807) is 0 Å². The van der Waals surface area contributed by atoms with Gasteiger partial charge < -0.3 is 0 Å². The van der Waals surface area contributed by atoms with Crippen molar-refractivity contribution < 1.29 is 132 Å². The van der Waals surface area contributed by atoms with E-state index in [-0.39, 0.29) is 0 Å². The molecular formula is C15H5F30Sb. The monoisotopic (exact) mass is 876 g/mol. The average Bonchev–Trinajstić information content (AvgIpc) is 2.45. The minimum atomic E-state index is -16.2. The van der Waals surface area contributed by atoms with E-state index in [1.165, 1.54) is 0 Å². The van der Waals surface area contributed by atoms with E-state index in [0.717, 1.165) is 0 Å². The fraction of sp³-hybridized carbons (Fsp3) is 1.00. The number of hydrogen-bond acceptors (Lipinski definition) is 0. The first-order valence-electron chi connectivity index (χ1n) is 9.85. The van der Waals surface area contributed by atoms with Crippen LogP contribution in [0.3, 0.4) is 0 Å². The molecule has 0 saturated heterocycles. The molecule has 0 amide bonds. The molecule has 0 atom stereocenters. The second-order valence-corrected chi connectivity index (χ2v) is 24.8. The molecule has 31 heteroatoms. The van der Waals surface area contributed by atoms with Crippen LogP contribution in [0.25, 0.3) is 0 Å². The predicted octanol–water partition coefficient (Wildman–Crippen LogP) is 11.9. The van der Waals surface area contributed by atoms with Crippen LogP contribution in [0.2, 0.25) is 19.3 Å². The van der Waals surface area contributed by atoms with E-state index in [0.29, 0.717) is 0 Å². The summed E-state index contributed by atoms with van der Waals surface area (Å²) in [5.41, 5.74) is 0. The van der Waals surface area contributed by atoms with Gasteiger partial charge in [0.05, 0.1) is 0 Å². The SMILES string of the molecule is FC(F)(F)[CH](C(F)(F)F)[Sb]([CH](C(F)(F)F)C(F)(F)F)([CH](C(F)(F)F)C(F)(F)F)([CH](C(F)(F)F)C(F)(F)F)[CH](C(F)(F)F)C(F)(F)F. The molecule has 0 fully saturated rings. The van der Waals surface area contributed by atoms with Gasteiger partial charge in [0, 0.05) is 0 Å². The predicted molar refractivity (Wildman–Crippen MR) is 85.1 cm³/mol. The molecule has 0 aromatic carbocycles. The summed E-state index contributed by atoms with van der Waals surface area (Å²) in [6.45, 7) is 0. The van der Waals surface area contributed by atoms with Gasteiger partial charge in [-0.05, 0) is 0 Å². The molecule has 0 saturated carbocycles. The summed E-state index contributed by atoms with van der Waals surface area (Å²) < 4.78 is 371. The van der Waals surface area contributed by atoms with Gasteiger partial charge in [-0.3, -0.25) is 0 Å². The molecule has 280 valence electrons. The Hall–Kier alpha value is -1.28. The number of rotatable bonds is 5. The van der Waals surface area contributed by atoms with Crippen molar-refractivity contribution in [2.24, 2.45) is 0 Å². The summed E-state index contributed by atoms with van der Waals surface area (Å²) in [7, 11) is 0. The number of halogens is 30. The van der Waals surface area contributed by atoms with E-state index >= 15 is 0 Å². The quantitative estimate of drug-likeness (QED) is 0.191. The third-order valence-corrected chi connectivity index (χ3v) is 31.5. The van der Waals surface area contributed by atoms with E-state index < -0.39 is 98.5 Å². The molecular weight excluding hydrogens is 872 g/mol. The first-order valence-corrected chi connectivity index (χ1v) is 17.2. The summed E-state index contributed by atoms with van der Waals surface area (Å²) in [4.78, 5) is 0. The van der Waals surface area contributed by atoms with Gasteiger partial charge in [-0.2, -0.15) is 0 Å². The van der Waals surface area contributed by atoms with Crippen molar-refractivity contribution in [2.75, 3.05) is 0 Å². The molecule has 0 heterocycles. The Bertz CT molecular complexity index is 765. The van der Waals surface area contributed by atoms with Crippen molar-refractivity contribution in [3.63, 3.8) is 0 Å². The zero-order chi connectivity index (χ0) is 38.3. The molecule has 0 aromatic rings. The fourth-order valence-electron chi connectivity index (χ4n) is 5.80. The fourth-order valence-corrected chi connectivity index (χ4v) is 33.6. The van der Waals surface area contributed by atoms with E-state index in [4.69, 9.17) is 0 Å². The third kappa shape index (κ3) is 7.63. The van der Waals surface area contributed by atoms with E-state index in [1.807, 2.05) is 0 Å². The first-order chi connectivity index (χ1) is 19.2. The number of alkyl halides is 30. The van der Waals surface area contributed by atoms with Gasteiger partial charge in [0.25, 0.3) is 0 Å². The topological polar surface area (TPSA) is 0 Å². The molecule has 0 N–H and O–H groups in total. The Kier molecular flexibility index (Phi) is 11.1. The van der Waals surface area contributed by atoms with Crippen LogP contribution in [-0.4, -0.2) is 79.2 Å². The Morgan fingerprint density at radius 1 is 0.174 bits per heavy atom. The van der Waals surface area contributed by atoms with Crippen LogP contribution in [-0.2, 0) is 0 Å². The minimum absolute atomic E-state index is 9.18. The van der Waals surface area contributed by atoms with Crippen molar-refractivity contribution in [1.29, 1.82) is 0 Å². The van der Waals surface area contributed by atoms with Gasteiger partial charge >= 0.3 is 230 Å². The van der Waals surface area contributed by atoms with Crippen molar-refractivity contribution >= 4 is 17.4 Å². The van der Waals surface area contributed by atoms with Crippen molar-refractivity contribution in [2.45, 2.75) is 81.1 Å². The van der Waals surface area contributed by atoms with Gasteiger partial charge in [-0.1, -0.05) is 0 Å². The van der Waals surface area contributed by atoms with Crippen molar-refractivity contribution in [3.05, 3.63) is 0 Å². The Balaban J connectivity index is 11.2. The normalized spacial score (nSPS) is 17.5. The summed E-state index contributed by atoms with van der Waals surface area (Å²) in [5.74, 6) is 0. The summed E-state index contributed by atoms with van der Waals surface area (Å²) >= 11 is -16.2. The first kappa shape index (κ1) is 44.7. The molecule has 0 spiro atoms. The van der Waals surface area contributed by atoms with Gasteiger partial charge in [-0.25, -0.2) is 0 Å². The van der Waals surface area contributed by atoms with Crippen molar-refractivity contribution in [3.8, 4) is 0 Å². The van der Waals surface area contributed by atoms with Gasteiger partial charge in [0.1, 0.15) is 0 Å². The molecule has 46 heavy (non-hydrogen) atoms. The Morgan fingerprint density at radius 2 is 0.239 bits per heavy atom. The summed E-state index contributed by atoms with van der Waals surface area (Å²) in [6.07, 6.45) is -95.2. The van der Waals surface area contributed by atoms with Crippen LogP contribution >= 0.6 is 0 Å². The number of hydrogen-bond donors (Lipinski definition) is 0. The second kappa shape index (κ2) is 11.4. The molecule has 0 radical (unpaired) electrons. The Morgan fingerprint density at radius 3 is 0.283 bits per heavy atom. The standard InChI is InChI=1S/5C3HF6.Sb/c5*4-2(5,6)1-3(7,8)9;/h5*1H;. The van der Waals surface area contributed by atoms with Crippen LogP contribution in [0.4, 0.5) is 132 Å². The van der Waals surface area contributed by atoms with Gasteiger partial charge in [0.15, 0.2) is 0 Å². The molecule has 0 aliphatic carbocycles. The molecule has 0 rings (SSSR count). The van der Waals surface area contributed by atoms with Gasteiger partial charge in [0.2, 0.25) is 0 Å². The van der Waals surface area contributed by atoms with Crippen molar-refractivity contribution in [1.82, 2.24) is 0 Å². The summed E-state index contributed by atoms with van der Waals surface area (Å²) in [5, 5.41) is 0. The average molecular weight is 877 g/mol. The zero-order valence-electron chi connectivity index (χ0n) is 19.7. The molecule has 0 aromatic heterocycles. The molecule has 0 aliphatic rings. The second-order valence-electron chi connectivity index (χ2n) is 8.92. The maximum atomic E-state index is 13.9. The van der Waals surface area contributed by atoms with Crippen LogP contribution in [0, 0.1) is 0 Å². The summed E-state index contributed by atoms with van der Waals surface area (Å²) in [6, 6.07) is 0. The van der Waals surface area contributed by atoms with E-state index in [2.05, 4.69) is 0 Å². The molecule has 0 bridgehead atoms. The van der Waals surface area contributed by atoms with Crippen LogP contribution in [0.15, 0.2) is 0 Å². The molecule has 0 unspecified atom stereocenters. The zero-order valence-corrected chi connectivity index (χ0v) is 22.2. The van der Waals surface area contributed by atoms with Crippen LogP contribution in [0.1, 0.15) is 0 Å². The van der Waals surface area contributed by atoms with Gasteiger partial charge in [-0.15, -0.1) is 0 Å². The maximum absolute atomic E-state index is 16.2. The Labute approximate surface area is 231 Å². The molecule has 0 aliphatic heterocycles. The van der Waals surface area contributed by atoms with Crippen LogP contribution in [0.5, 0.6) is 0 Å². The van der Waals surface area contributed by atoms with E-state index in [9.17, 15) is 132 Å². The van der Waals surface area contributed by atoms with Crippen LogP contribution < -0.4 is 0 Å².